The number of nitrogens with zero attached hydrogens (tertiary/aromatic N) is 2. The van der Waals surface area contributed by atoms with Gasteiger partial charge in [-0.05, 0) is 26.2 Å². The van der Waals surface area contributed by atoms with Crippen molar-refractivity contribution >= 4 is 6.03 Å². The highest BCUT2D eigenvalue weighted by molar-refractivity contribution is 5.74. The molecule has 1 atom stereocenters. The molecule has 1 fully saturated rings. The van der Waals surface area contributed by atoms with Crippen molar-refractivity contribution in [1.29, 1.82) is 0 Å². The molecule has 17 heavy (non-hydrogen) atoms. The molecule has 2 amide bonds. The fourth-order valence-electron chi connectivity index (χ4n) is 2.18. The molecule has 94 valence electrons. The SMILES string of the molecule is CCCNC(=O)N1CCC[C@H]1c1cc(C)no1. The zero-order valence-corrected chi connectivity index (χ0v) is 10.4. The smallest absolute Gasteiger partial charge is 0.318 e. The first-order chi connectivity index (χ1) is 8.22. The zero-order chi connectivity index (χ0) is 12.3. The minimum atomic E-state index is 0.00315. The molecule has 0 saturated carbocycles. The van der Waals surface area contributed by atoms with E-state index in [9.17, 15) is 4.79 Å². The summed E-state index contributed by atoms with van der Waals surface area (Å²) in [4.78, 5) is 13.8. The summed E-state index contributed by atoms with van der Waals surface area (Å²) < 4.78 is 5.26. The second kappa shape index (κ2) is 5.21. The van der Waals surface area contributed by atoms with Gasteiger partial charge in [-0.2, -0.15) is 0 Å². The van der Waals surface area contributed by atoms with Gasteiger partial charge in [0.1, 0.15) is 0 Å². The number of carbonyl (C=O) groups excluding carboxylic acids is 1. The number of hydrogen-bond donors (Lipinski definition) is 1. The van der Waals surface area contributed by atoms with Crippen molar-refractivity contribution in [2.24, 2.45) is 0 Å². The standard InChI is InChI=1S/C12H19N3O2/c1-3-6-13-12(16)15-7-4-5-10(15)11-8-9(2)14-17-11/h8,10H,3-7H2,1-2H3,(H,13,16)/t10-/m0/s1. The summed E-state index contributed by atoms with van der Waals surface area (Å²) in [5.74, 6) is 0.798. The highest BCUT2D eigenvalue weighted by Gasteiger charge is 2.32. The lowest BCUT2D eigenvalue weighted by molar-refractivity contribution is 0.182. The number of likely N-dealkylation sites (tertiary alicyclic amines) is 1. The first kappa shape index (κ1) is 12.0. The minimum Gasteiger partial charge on any atom is -0.359 e. The molecule has 0 aromatic carbocycles. The average Bonchev–Trinajstić information content (AvgIpc) is 2.93. The van der Waals surface area contributed by atoms with Crippen LogP contribution in [0.3, 0.4) is 0 Å². The third-order valence-corrected chi connectivity index (χ3v) is 3.01. The minimum absolute atomic E-state index is 0.00315. The molecule has 0 unspecified atom stereocenters. The van der Waals surface area contributed by atoms with Gasteiger partial charge in [-0.3, -0.25) is 0 Å². The molecule has 0 aliphatic carbocycles. The summed E-state index contributed by atoms with van der Waals surface area (Å²) in [6.07, 6.45) is 2.92. The first-order valence-corrected chi connectivity index (χ1v) is 6.20. The zero-order valence-electron chi connectivity index (χ0n) is 10.4. The number of aryl methyl sites for hydroxylation is 1. The van der Waals surface area contributed by atoms with Crippen LogP contribution < -0.4 is 5.32 Å². The molecule has 1 saturated heterocycles. The van der Waals surface area contributed by atoms with Gasteiger partial charge in [0.05, 0.1) is 11.7 Å². The molecule has 1 N–H and O–H groups in total. The summed E-state index contributed by atoms with van der Waals surface area (Å²) in [5, 5.41) is 6.79. The number of aromatic nitrogens is 1. The van der Waals surface area contributed by atoms with Crippen LogP contribution in [0, 0.1) is 6.92 Å². The van der Waals surface area contributed by atoms with E-state index >= 15 is 0 Å². The molecule has 1 aromatic heterocycles. The van der Waals surface area contributed by atoms with Crippen molar-refractivity contribution in [2.45, 2.75) is 39.2 Å². The average molecular weight is 237 g/mol. The van der Waals surface area contributed by atoms with Crippen LogP contribution in [-0.4, -0.2) is 29.2 Å². The lowest BCUT2D eigenvalue weighted by atomic mass is 10.1. The Morgan fingerprint density at radius 2 is 2.53 bits per heavy atom. The summed E-state index contributed by atoms with van der Waals surface area (Å²) in [6, 6.07) is 1.97. The fraction of sp³-hybridized carbons (Fsp3) is 0.667. The molecular weight excluding hydrogens is 218 g/mol. The van der Waals surface area contributed by atoms with E-state index in [0.717, 1.165) is 43.8 Å². The molecule has 2 rings (SSSR count). The van der Waals surface area contributed by atoms with Crippen molar-refractivity contribution in [3.63, 3.8) is 0 Å². The van der Waals surface area contributed by atoms with E-state index in [2.05, 4.69) is 10.5 Å². The van der Waals surface area contributed by atoms with E-state index in [-0.39, 0.29) is 12.1 Å². The molecule has 2 heterocycles. The highest BCUT2D eigenvalue weighted by atomic mass is 16.5. The molecule has 0 bridgehead atoms. The van der Waals surface area contributed by atoms with Crippen molar-refractivity contribution in [3.05, 3.63) is 17.5 Å². The number of hydrogen-bond acceptors (Lipinski definition) is 3. The van der Waals surface area contributed by atoms with Crippen molar-refractivity contribution in [2.75, 3.05) is 13.1 Å². The van der Waals surface area contributed by atoms with E-state index in [4.69, 9.17) is 4.52 Å². The Bertz CT molecular complexity index is 389. The first-order valence-electron chi connectivity index (χ1n) is 6.20. The van der Waals surface area contributed by atoms with Crippen LogP contribution in [0.25, 0.3) is 0 Å². The van der Waals surface area contributed by atoms with Crippen molar-refractivity contribution < 1.29 is 9.32 Å². The van der Waals surface area contributed by atoms with Crippen LogP contribution in [0.2, 0.25) is 0 Å². The lowest BCUT2D eigenvalue weighted by Gasteiger charge is -2.22. The van der Waals surface area contributed by atoms with Crippen LogP contribution >= 0.6 is 0 Å². The number of urea groups is 1. The van der Waals surface area contributed by atoms with Gasteiger partial charge < -0.3 is 14.7 Å². The van der Waals surface area contributed by atoms with Gasteiger partial charge >= 0.3 is 6.03 Å². The molecule has 1 aliphatic heterocycles. The van der Waals surface area contributed by atoms with Gasteiger partial charge in [-0.1, -0.05) is 12.1 Å². The Morgan fingerprint density at radius 3 is 3.18 bits per heavy atom. The van der Waals surface area contributed by atoms with Crippen LogP contribution in [0.5, 0.6) is 0 Å². The number of rotatable bonds is 3. The third-order valence-electron chi connectivity index (χ3n) is 3.01. The van der Waals surface area contributed by atoms with Crippen molar-refractivity contribution in [3.8, 4) is 0 Å². The van der Waals surface area contributed by atoms with Gasteiger partial charge in [-0.25, -0.2) is 4.79 Å². The Morgan fingerprint density at radius 1 is 1.71 bits per heavy atom. The van der Waals surface area contributed by atoms with E-state index in [1.165, 1.54) is 0 Å². The lowest BCUT2D eigenvalue weighted by Crippen LogP contribution is -2.39. The van der Waals surface area contributed by atoms with Crippen LogP contribution in [0.1, 0.15) is 43.7 Å². The van der Waals surface area contributed by atoms with Crippen LogP contribution in [0.15, 0.2) is 10.6 Å². The predicted molar refractivity (Wildman–Crippen MR) is 63.6 cm³/mol. The van der Waals surface area contributed by atoms with E-state index in [1.807, 2.05) is 24.8 Å². The second-order valence-corrected chi connectivity index (χ2v) is 4.45. The Hall–Kier alpha value is -1.52. The van der Waals surface area contributed by atoms with Gasteiger partial charge in [0.25, 0.3) is 0 Å². The number of nitrogens with one attached hydrogen (secondary N) is 1. The predicted octanol–water partition coefficient (Wildman–Crippen LogP) is 2.24. The maximum atomic E-state index is 11.9. The highest BCUT2D eigenvalue weighted by Crippen LogP contribution is 2.31. The molecule has 0 spiro atoms. The van der Waals surface area contributed by atoms with Gasteiger partial charge in [0.2, 0.25) is 0 Å². The van der Waals surface area contributed by atoms with Gasteiger partial charge in [0, 0.05) is 19.2 Å². The Balaban J connectivity index is 2.04. The maximum Gasteiger partial charge on any atom is 0.318 e. The molecule has 0 radical (unpaired) electrons. The van der Waals surface area contributed by atoms with E-state index in [1.54, 1.807) is 0 Å². The van der Waals surface area contributed by atoms with E-state index < -0.39 is 0 Å². The number of carbonyl (C=O) groups is 1. The maximum absolute atomic E-state index is 11.9. The molecule has 5 nitrogen and oxygen atoms in total. The largest absolute Gasteiger partial charge is 0.359 e. The normalized spacial score (nSPS) is 19.6. The number of amides is 2. The summed E-state index contributed by atoms with van der Waals surface area (Å²) in [6.45, 7) is 5.45. The van der Waals surface area contributed by atoms with Gasteiger partial charge in [-0.15, -0.1) is 0 Å². The van der Waals surface area contributed by atoms with E-state index in [0.29, 0.717) is 0 Å². The molecule has 1 aliphatic rings. The Labute approximate surface area is 101 Å². The topological polar surface area (TPSA) is 58.4 Å². The molecular formula is C12H19N3O2. The Kier molecular flexibility index (Phi) is 3.66. The quantitative estimate of drug-likeness (QED) is 0.877. The monoisotopic (exact) mass is 237 g/mol. The summed E-state index contributed by atoms with van der Waals surface area (Å²) in [7, 11) is 0. The summed E-state index contributed by atoms with van der Waals surface area (Å²) >= 11 is 0. The van der Waals surface area contributed by atoms with Crippen LogP contribution in [-0.2, 0) is 0 Å². The van der Waals surface area contributed by atoms with Crippen molar-refractivity contribution in [1.82, 2.24) is 15.4 Å². The second-order valence-electron chi connectivity index (χ2n) is 4.45. The summed E-state index contributed by atoms with van der Waals surface area (Å²) in [5.41, 5.74) is 0.862. The van der Waals surface area contributed by atoms with Gasteiger partial charge in [0.15, 0.2) is 5.76 Å². The molecule has 5 heteroatoms. The fourth-order valence-corrected chi connectivity index (χ4v) is 2.18. The molecule has 1 aromatic rings. The van der Waals surface area contributed by atoms with Crippen LogP contribution in [0.4, 0.5) is 4.79 Å². The third kappa shape index (κ3) is 2.60.